The molecule has 0 amide bonds. The molecule has 2 aromatic carbocycles. The standard InChI is InChI=1S/C25H20F3N5O2/c1-13(34)15-10-20-22(11-19(15)28)35-25(30-20)17-12-29-33-8-6-23(31-24(17)33)32-7-2-3-21(32)16-9-14(26)4-5-18(16)27/h4-6,8-13,21,34H,2-3,7H2,1H3/t13?,21-/m1/s1. The van der Waals surface area contributed by atoms with Crippen LogP contribution in [0.4, 0.5) is 19.0 Å². The van der Waals surface area contributed by atoms with Gasteiger partial charge in [0, 0.05) is 29.9 Å². The number of halogens is 3. The van der Waals surface area contributed by atoms with Crippen molar-refractivity contribution in [3.63, 3.8) is 0 Å². The molecule has 7 nitrogen and oxygen atoms in total. The van der Waals surface area contributed by atoms with Crippen LogP contribution in [0.25, 0.3) is 28.2 Å². The summed E-state index contributed by atoms with van der Waals surface area (Å²) in [5.41, 5.74) is 2.01. The van der Waals surface area contributed by atoms with Crippen LogP contribution in [0.5, 0.6) is 0 Å². The van der Waals surface area contributed by atoms with Gasteiger partial charge in [-0.25, -0.2) is 27.7 Å². The Balaban J connectivity index is 1.42. The molecule has 0 bridgehead atoms. The Morgan fingerprint density at radius 2 is 1.94 bits per heavy atom. The van der Waals surface area contributed by atoms with E-state index in [9.17, 15) is 18.3 Å². The van der Waals surface area contributed by atoms with Gasteiger partial charge in [0.25, 0.3) is 0 Å². The number of oxazole rings is 1. The SMILES string of the molecule is CC(O)c1cc2nc(-c3cnn4ccc(N5CCC[C@@H]5c5cc(F)ccc5F)nc34)oc2cc1F. The molecular formula is C25H20F3N5O2. The van der Waals surface area contributed by atoms with Gasteiger partial charge in [0.1, 0.15) is 34.3 Å². The van der Waals surface area contributed by atoms with Gasteiger partial charge in [0.2, 0.25) is 5.89 Å². The zero-order valence-electron chi connectivity index (χ0n) is 18.6. The molecule has 0 aliphatic carbocycles. The van der Waals surface area contributed by atoms with Crippen LogP contribution < -0.4 is 4.90 Å². The fraction of sp³-hybridized carbons (Fsp3) is 0.240. The first kappa shape index (κ1) is 21.6. The van der Waals surface area contributed by atoms with Crippen LogP contribution in [0.1, 0.15) is 43.0 Å². The highest BCUT2D eigenvalue weighted by Gasteiger charge is 2.30. The molecule has 0 saturated carbocycles. The number of anilines is 1. The van der Waals surface area contributed by atoms with Crippen molar-refractivity contribution in [2.75, 3.05) is 11.4 Å². The van der Waals surface area contributed by atoms with Crippen LogP contribution >= 0.6 is 0 Å². The van der Waals surface area contributed by atoms with E-state index in [2.05, 4.69) is 10.1 Å². The number of fused-ring (bicyclic) bond motifs is 2. The van der Waals surface area contributed by atoms with Gasteiger partial charge < -0.3 is 14.4 Å². The first-order chi connectivity index (χ1) is 16.9. The zero-order valence-corrected chi connectivity index (χ0v) is 18.6. The molecule has 3 aromatic heterocycles. The molecular weight excluding hydrogens is 459 g/mol. The third-order valence-corrected chi connectivity index (χ3v) is 6.41. The van der Waals surface area contributed by atoms with Crippen molar-refractivity contribution in [2.24, 2.45) is 0 Å². The molecule has 1 N–H and O–H groups in total. The minimum absolute atomic E-state index is 0.127. The highest BCUT2D eigenvalue weighted by molar-refractivity contribution is 5.81. The second-order valence-electron chi connectivity index (χ2n) is 8.67. The van der Waals surface area contributed by atoms with Gasteiger partial charge in [0.15, 0.2) is 11.2 Å². The first-order valence-corrected chi connectivity index (χ1v) is 11.2. The van der Waals surface area contributed by atoms with Gasteiger partial charge in [-0.05, 0) is 50.1 Å². The number of aliphatic hydroxyl groups is 1. The summed E-state index contributed by atoms with van der Waals surface area (Å²) in [6, 6.07) is 7.56. The van der Waals surface area contributed by atoms with Crippen molar-refractivity contribution < 1.29 is 22.7 Å². The minimum Gasteiger partial charge on any atom is -0.436 e. The minimum atomic E-state index is -0.989. The molecule has 0 spiro atoms. The van der Waals surface area contributed by atoms with Crippen molar-refractivity contribution in [1.29, 1.82) is 0 Å². The number of aliphatic hydroxyl groups excluding tert-OH is 1. The van der Waals surface area contributed by atoms with E-state index in [1.54, 1.807) is 23.0 Å². The third kappa shape index (κ3) is 3.61. The highest BCUT2D eigenvalue weighted by Crippen LogP contribution is 2.37. The van der Waals surface area contributed by atoms with E-state index in [0.29, 0.717) is 41.1 Å². The smallest absolute Gasteiger partial charge is 0.232 e. The van der Waals surface area contributed by atoms with E-state index in [1.807, 2.05) is 4.90 Å². The Bertz CT molecular complexity index is 1580. The lowest BCUT2D eigenvalue weighted by Gasteiger charge is -2.26. The fourth-order valence-corrected chi connectivity index (χ4v) is 4.70. The molecule has 5 aromatic rings. The Labute approximate surface area is 197 Å². The summed E-state index contributed by atoms with van der Waals surface area (Å²) in [6.07, 6.45) is 3.77. The maximum atomic E-state index is 14.5. The number of rotatable bonds is 4. The number of benzene rings is 2. The molecule has 1 fully saturated rings. The Kier molecular flexibility index (Phi) is 4.99. The number of hydrogen-bond donors (Lipinski definition) is 1. The van der Waals surface area contributed by atoms with Crippen molar-refractivity contribution in [3.05, 3.63) is 77.4 Å². The maximum Gasteiger partial charge on any atom is 0.232 e. The molecule has 1 unspecified atom stereocenters. The summed E-state index contributed by atoms with van der Waals surface area (Å²) in [6.45, 7) is 2.11. The lowest BCUT2D eigenvalue weighted by Crippen LogP contribution is -2.24. The molecule has 1 aliphatic rings. The second-order valence-corrected chi connectivity index (χ2v) is 8.67. The van der Waals surface area contributed by atoms with Gasteiger partial charge in [0.05, 0.1) is 18.3 Å². The van der Waals surface area contributed by atoms with Crippen LogP contribution in [0.2, 0.25) is 0 Å². The molecule has 2 atom stereocenters. The number of aromatic nitrogens is 4. The molecule has 35 heavy (non-hydrogen) atoms. The van der Waals surface area contributed by atoms with E-state index in [1.165, 1.54) is 25.1 Å². The topological polar surface area (TPSA) is 79.7 Å². The van der Waals surface area contributed by atoms with E-state index < -0.39 is 23.6 Å². The molecule has 0 radical (unpaired) electrons. The van der Waals surface area contributed by atoms with Crippen LogP contribution in [0, 0.1) is 17.5 Å². The third-order valence-electron chi connectivity index (χ3n) is 6.41. The maximum absolute atomic E-state index is 14.5. The summed E-state index contributed by atoms with van der Waals surface area (Å²) >= 11 is 0. The Hall–Kier alpha value is -3.92. The van der Waals surface area contributed by atoms with Crippen molar-refractivity contribution in [2.45, 2.75) is 31.9 Å². The van der Waals surface area contributed by atoms with Crippen LogP contribution in [0.3, 0.4) is 0 Å². The second kappa shape index (κ2) is 8.09. The van der Waals surface area contributed by atoms with Gasteiger partial charge in [-0.15, -0.1) is 0 Å². The summed E-state index contributed by atoms with van der Waals surface area (Å²) in [4.78, 5) is 11.2. The van der Waals surface area contributed by atoms with E-state index in [-0.39, 0.29) is 23.1 Å². The fourth-order valence-electron chi connectivity index (χ4n) is 4.70. The van der Waals surface area contributed by atoms with E-state index in [4.69, 9.17) is 9.40 Å². The summed E-state index contributed by atoms with van der Waals surface area (Å²) in [5, 5.41) is 14.1. The van der Waals surface area contributed by atoms with Crippen molar-refractivity contribution in [1.82, 2.24) is 19.6 Å². The highest BCUT2D eigenvalue weighted by atomic mass is 19.1. The predicted octanol–water partition coefficient (Wildman–Crippen LogP) is 5.35. The summed E-state index contributed by atoms with van der Waals surface area (Å²) in [5.74, 6) is -0.731. The van der Waals surface area contributed by atoms with E-state index >= 15 is 0 Å². The largest absolute Gasteiger partial charge is 0.436 e. The first-order valence-electron chi connectivity index (χ1n) is 11.2. The monoisotopic (exact) mass is 479 g/mol. The Morgan fingerprint density at radius 3 is 2.77 bits per heavy atom. The van der Waals surface area contributed by atoms with Crippen molar-refractivity contribution in [3.8, 4) is 11.5 Å². The number of hydrogen-bond acceptors (Lipinski definition) is 6. The lowest BCUT2D eigenvalue weighted by molar-refractivity contribution is 0.194. The normalized spacial score (nSPS) is 17.1. The molecule has 1 aliphatic heterocycles. The summed E-state index contributed by atoms with van der Waals surface area (Å²) < 4.78 is 50.0. The molecule has 1 saturated heterocycles. The lowest BCUT2D eigenvalue weighted by atomic mass is 10.0. The van der Waals surface area contributed by atoms with E-state index in [0.717, 1.165) is 18.6 Å². The van der Waals surface area contributed by atoms with Gasteiger partial charge in [-0.1, -0.05) is 0 Å². The molecule has 10 heteroatoms. The van der Waals surface area contributed by atoms with Crippen molar-refractivity contribution >= 4 is 22.6 Å². The van der Waals surface area contributed by atoms with Gasteiger partial charge >= 0.3 is 0 Å². The molecule has 178 valence electrons. The predicted molar refractivity (Wildman–Crippen MR) is 122 cm³/mol. The number of nitrogens with zero attached hydrogens (tertiary/aromatic N) is 5. The summed E-state index contributed by atoms with van der Waals surface area (Å²) in [7, 11) is 0. The average Bonchev–Trinajstić information content (AvgIpc) is 3.56. The Morgan fingerprint density at radius 1 is 1.09 bits per heavy atom. The molecule has 4 heterocycles. The molecule has 6 rings (SSSR count). The van der Waals surface area contributed by atoms with Crippen LogP contribution in [-0.4, -0.2) is 31.2 Å². The quantitative estimate of drug-likeness (QED) is 0.374. The average molecular weight is 479 g/mol. The van der Waals surface area contributed by atoms with Crippen LogP contribution in [-0.2, 0) is 0 Å². The van der Waals surface area contributed by atoms with Gasteiger partial charge in [-0.3, -0.25) is 0 Å². The van der Waals surface area contributed by atoms with Gasteiger partial charge in [-0.2, -0.15) is 5.10 Å². The van der Waals surface area contributed by atoms with Crippen LogP contribution in [0.15, 0.2) is 53.2 Å². The zero-order chi connectivity index (χ0) is 24.3.